The third-order valence-electron chi connectivity index (χ3n) is 4.95. The zero-order chi connectivity index (χ0) is 22.7. The van der Waals surface area contributed by atoms with E-state index in [1.807, 2.05) is 0 Å². The predicted octanol–water partition coefficient (Wildman–Crippen LogP) is 3.82. The predicted molar refractivity (Wildman–Crippen MR) is 115 cm³/mol. The number of aromatic nitrogens is 2. The van der Waals surface area contributed by atoms with Crippen molar-refractivity contribution >= 4 is 15.7 Å². The van der Waals surface area contributed by atoms with E-state index in [1.54, 1.807) is 54.2 Å². The molecule has 2 heterocycles. The standard InChI is InChI=1S/C23H20FN3O4S/c1-16-25-10-11-27(16)21-8-7-17(13-20(21)24)14-26-23(28)22-18(9-12-31-22)15-32(29,30)19-5-3-2-4-6-19/h2-13H,14-15H2,1H3,(H,26,28). The number of rotatable bonds is 7. The van der Waals surface area contributed by atoms with Gasteiger partial charge in [-0.25, -0.2) is 17.8 Å². The molecule has 0 unspecified atom stereocenters. The lowest BCUT2D eigenvalue weighted by Gasteiger charge is -2.10. The lowest BCUT2D eigenvalue weighted by atomic mass is 10.2. The number of hydrogen-bond acceptors (Lipinski definition) is 5. The van der Waals surface area contributed by atoms with Gasteiger partial charge < -0.3 is 14.3 Å². The third kappa shape index (κ3) is 4.47. The maximum Gasteiger partial charge on any atom is 0.287 e. The topological polar surface area (TPSA) is 94.2 Å². The molecule has 0 aliphatic rings. The van der Waals surface area contributed by atoms with E-state index in [2.05, 4.69) is 10.3 Å². The second-order valence-corrected chi connectivity index (χ2v) is 9.15. The molecule has 0 aliphatic heterocycles. The molecule has 9 heteroatoms. The maximum atomic E-state index is 14.6. The highest BCUT2D eigenvalue weighted by Gasteiger charge is 2.22. The number of nitrogens with zero attached hydrogens (tertiary/aromatic N) is 2. The van der Waals surface area contributed by atoms with Crippen LogP contribution in [0, 0.1) is 12.7 Å². The van der Waals surface area contributed by atoms with Crippen molar-refractivity contribution in [1.82, 2.24) is 14.9 Å². The molecule has 0 atom stereocenters. The summed E-state index contributed by atoms with van der Waals surface area (Å²) < 4.78 is 46.7. The van der Waals surface area contributed by atoms with E-state index in [0.29, 0.717) is 17.1 Å². The molecule has 7 nitrogen and oxygen atoms in total. The Morgan fingerprint density at radius 3 is 2.62 bits per heavy atom. The summed E-state index contributed by atoms with van der Waals surface area (Å²) in [4.78, 5) is 16.8. The number of benzene rings is 2. The Morgan fingerprint density at radius 1 is 1.16 bits per heavy atom. The van der Waals surface area contributed by atoms with E-state index in [9.17, 15) is 17.6 Å². The first-order chi connectivity index (χ1) is 15.3. The van der Waals surface area contributed by atoms with Crippen LogP contribution in [-0.2, 0) is 22.1 Å². The van der Waals surface area contributed by atoms with Crippen molar-refractivity contribution in [1.29, 1.82) is 0 Å². The third-order valence-corrected chi connectivity index (χ3v) is 6.63. The van der Waals surface area contributed by atoms with Crippen LogP contribution in [0.15, 0.2) is 82.6 Å². The number of halogens is 1. The first-order valence-electron chi connectivity index (χ1n) is 9.76. The average Bonchev–Trinajstić information content (AvgIpc) is 3.41. The van der Waals surface area contributed by atoms with Crippen LogP contribution in [0.4, 0.5) is 4.39 Å². The normalized spacial score (nSPS) is 11.4. The Bertz CT molecular complexity index is 1360. The molecule has 0 saturated carbocycles. The van der Waals surface area contributed by atoms with Gasteiger partial charge >= 0.3 is 0 Å². The molecule has 0 radical (unpaired) electrons. The number of carbonyl (C=O) groups excluding carboxylic acids is 1. The molecule has 2 aromatic carbocycles. The number of nitrogens with one attached hydrogen (secondary N) is 1. The van der Waals surface area contributed by atoms with Gasteiger partial charge in [0.15, 0.2) is 15.6 Å². The molecule has 0 bridgehead atoms. The van der Waals surface area contributed by atoms with Crippen molar-refractivity contribution in [2.24, 2.45) is 0 Å². The van der Waals surface area contributed by atoms with Gasteiger partial charge in [0.25, 0.3) is 5.91 Å². The Kier molecular flexibility index (Phi) is 5.91. The van der Waals surface area contributed by atoms with Crippen molar-refractivity contribution in [3.8, 4) is 5.69 Å². The fourth-order valence-corrected chi connectivity index (χ4v) is 4.69. The first kappa shape index (κ1) is 21.5. The number of hydrogen-bond donors (Lipinski definition) is 1. The van der Waals surface area contributed by atoms with Crippen LogP contribution in [0.5, 0.6) is 0 Å². The van der Waals surface area contributed by atoms with Gasteiger partial charge in [0.2, 0.25) is 0 Å². The molecule has 32 heavy (non-hydrogen) atoms. The van der Waals surface area contributed by atoms with Gasteiger partial charge in [0.1, 0.15) is 11.6 Å². The van der Waals surface area contributed by atoms with E-state index in [1.165, 1.54) is 30.5 Å². The van der Waals surface area contributed by atoms with Gasteiger partial charge in [-0.05, 0) is 42.8 Å². The molecule has 2 aromatic heterocycles. The summed E-state index contributed by atoms with van der Waals surface area (Å²) in [6, 6.07) is 14.1. The number of furan rings is 1. The summed E-state index contributed by atoms with van der Waals surface area (Å²) in [5.74, 6) is -0.839. The number of amides is 1. The smallest absolute Gasteiger partial charge is 0.287 e. The molecule has 0 fully saturated rings. The molecule has 1 amide bonds. The fraction of sp³-hybridized carbons (Fsp3) is 0.130. The SMILES string of the molecule is Cc1nccn1-c1ccc(CNC(=O)c2occc2CS(=O)(=O)c2ccccc2)cc1F. The Hall–Kier alpha value is -3.72. The number of sulfone groups is 1. The van der Waals surface area contributed by atoms with E-state index in [-0.39, 0.29) is 28.5 Å². The van der Waals surface area contributed by atoms with Crippen molar-refractivity contribution < 1.29 is 22.0 Å². The minimum absolute atomic E-state index is 0.0462. The van der Waals surface area contributed by atoms with Crippen LogP contribution >= 0.6 is 0 Å². The molecular formula is C23H20FN3O4S. The minimum Gasteiger partial charge on any atom is -0.459 e. The quantitative estimate of drug-likeness (QED) is 0.459. The second-order valence-electron chi connectivity index (χ2n) is 7.16. The molecular weight excluding hydrogens is 433 g/mol. The average molecular weight is 453 g/mol. The number of carbonyl (C=O) groups is 1. The summed E-state index contributed by atoms with van der Waals surface area (Å²) in [5.41, 5.74) is 1.15. The highest BCUT2D eigenvalue weighted by Crippen LogP contribution is 2.21. The molecule has 4 aromatic rings. The summed E-state index contributed by atoms with van der Waals surface area (Å²) >= 11 is 0. The number of aryl methyl sites for hydroxylation is 1. The lowest BCUT2D eigenvalue weighted by Crippen LogP contribution is -2.24. The van der Waals surface area contributed by atoms with Gasteiger partial charge in [-0.1, -0.05) is 24.3 Å². The molecule has 4 rings (SSSR count). The molecule has 164 valence electrons. The highest BCUT2D eigenvalue weighted by atomic mass is 32.2. The van der Waals surface area contributed by atoms with E-state index >= 15 is 0 Å². The Labute approximate surface area is 184 Å². The molecule has 1 N–H and O–H groups in total. The monoisotopic (exact) mass is 453 g/mol. The van der Waals surface area contributed by atoms with Crippen LogP contribution in [0.3, 0.4) is 0 Å². The van der Waals surface area contributed by atoms with E-state index < -0.39 is 21.6 Å². The van der Waals surface area contributed by atoms with Crippen LogP contribution in [-0.4, -0.2) is 23.9 Å². The zero-order valence-corrected chi connectivity index (χ0v) is 18.0. The van der Waals surface area contributed by atoms with Crippen LogP contribution < -0.4 is 5.32 Å². The largest absolute Gasteiger partial charge is 0.459 e. The van der Waals surface area contributed by atoms with Gasteiger partial charge in [-0.3, -0.25) is 4.79 Å². The molecule has 0 spiro atoms. The summed E-state index contributed by atoms with van der Waals surface area (Å²) in [6.45, 7) is 1.82. The lowest BCUT2D eigenvalue weighted by molar-refractivity contribution is 0.0922. The zero-order valence-electron chi connectivity index (χ0n) is 17.2. The fourth-order valence-electron chi connectivity index (χ4n) is 3.32. The molecule has 0 aliphatic carbocycles. The van der Waals surface area contributed by atoms with Crippen molar-refractivity contribution in [3.05, 3.63) is 102 Å². The van der Waals surface area contributed by atoms with Gasteiger partial charge in [-0.2, -0.15) is 0 Å². The van der Waals surface area contributed by atoms with Crippen LogP contribution in [0.25, 0.3) is 5.69 Å². The highest BCUT2D eigenvalue weighted by molar-refractivity contribution is 7.90. The summed E-state index contributed by atoms with van der Waals surface area (Å²) in [6.07, 6.45) is 4.52. The maximum absolute atomic E-state index is 14.6. The first-order valence-corrected chi connectivity index (χ1v) is 11.4. The van der Waals surface area contributed by atoms with Crippen LogP contribution in [0.2, 0.25) is 0 Å². The Balaban J connectivity index is 1.45. The van der Waals surface area contributed by atoms with Gasteiger partial charge in [0.05, 0.1) is 22.6 Å². The Morgan fingerprint density at radius 2 is 1.94 bits per heavy atom. The minimum atomic E-state index is -3.64. The summed E-state index contributed by atoms with van der Waals surface area (Å²) in [7, 11) is -3.64. The van der Waals surface area contributed by atoms with Gasteiger partial charge in [0, 0.05) is 24.5 Å². The van der Waals surface area contributed by atoms with Crippen molar-refractivity contribution in [2.45, 2.75) is 24.1 Å². The second kappa shape index (κ2) is 8.80. The van der Waals surface area contributed by atoms with Crippen molar-refractivity contribution in [3.63, 3.8) is 0 Å². The van der Waals surface area contributed by atoms with E-state index in [4.69, 9.17) is 4.42 Å². The molecule has 0 saturated heterocycles. The summed E-state index contributed by atoms with van der Waals surface area (Å²) in [5, 5.41) is 2.65. The van der Waals surface area contributed by atoms with Crippen LogP contribution in [0.1, 0.15) is 27.5 Å². The van der Waals surface area contributed by atoms with E-state index in [0.717, 1.165) is 0 Å². The van der Waals surface area contributed by atoms with Crippen molar-refractivity contribution in [2.75, 3.05) is 0 Å². The van der Waals surface area contributed by atoms with Gasteiger partial charge in [-0.15, -0.1) is 0 Å². The number of imidazole rings is 1.